The highest BCUT2D eigenvalue weighted by atomic mass is 19.1. The molecule has 3 heteroatoms. The summed E-state index contributed by atoms with van der Waals surface area (Å²) in [5, 5.41) is 10.0. The third-order valence-electron chi connectivity index (χ3n) is 3.71. The molecule has 1 aromatic carbocycles. The zero-order valence-corrected chi connectivity index (χ0v) is 11.2. The van der Waals surface area contributed by atoms with E-state index in [0.29, 0.717) is 17.4 Å². The van der Waals surface area contributed by atoms with E-state index in [1.54, 1.807) is 12.1 Å². The van der Waals surface area contributed by atoms with E-state index in [9.17, 15) is 9.50 Å². The highest BCUT2D eigenvalue weighted by Crippen LogP contribution is 2.29. The van der Waals surface area contributed by atoms with Crippen molar-refractivity contribution in [2.24, 2.45) is 5.41 Å². The number of benzene rings is 1. The zero-order valence-electron chi connectivity index (χ0n) is 11.2. The maximum Gasteiger partial charge on any atom is 0.123 e. The van der Waals surface area contributed by atoms with Crippen molar-refractivity contribution >= 4 is 0 Å². The van der Waals surface area contributed by atoms with E-state index in [0.717, 1.165) is 19.6 Å². The SMILES string of the molecule is CC1(C)CCN(CCC(O)c2cccc(F)c2)C1. The van der Waals surface area contributed by atoms with Gasteiger partial charge in [0.1, 0.15) is 5.82 Å². The number of hydrogen-bond acceptors (Lipinski definition) is 2. The number of aliphatic hydroxyl groups is 1. The van der Waals surface area contributed by atoms with Crippen molar-refractivity contribution in [2.45, 2.75) is 32.8 Å². The molecule has 1 aromatic rings. The first-order chi connectivity index (χ1) is 8.46. The van der Waals surface area contributed by atoms with E-state index >= 15 is 0 Å². The number of rotatable bonds is 4. The summed E-state index contributed by atoms with van der Waals surface area (Å²) in [7, 11) is 0. The lowest BCUT2D eigenvalue weighted by molar-refractivity contribution is 0.145. The van der Waals surface area contributed by atoms with Gasteiger partial charge in [0.2, 0.25) is 0 Å². The van der Waals surface area contributed by atoms with Gasteiger partial charge in [0.05, 0.1) is 6.10 Å². The van der Waals surface area contributed by atoms with Crippen LogP contribution in [-0.2, 0) is 0 Å². The molecule has 2 nitrogen and oxygen atoms in total. The Morgan fingerprint density at radius 2 is 2.22 bits per heavy atom. The van der Waals surface area contributed by atoms with E-state index in [1.165, 1.54) is 18.6 Å². The fourth-order valence-corrected chi connectivity index (χ4v) is 2.60. The van der Waals surface area contributed by atoms with Gasteiger partial charge in [-0.1, -0.05) is 26.0 Å². The van der Waals surface area contributed by atoms with Crippen LogP contribution in [0.4, 0.5) is 4.39 Å². The second kappa shape index (κ2) is 5.37. The highest BCUT2D eigenvalue weighted by molar-refractivity contribution is 5.18. The first-order valence-electron chi connectivity index (χ1n) is 6.62. The van der Waals surface area contributed by atoms with E-state index in [2.05, 4.69) is 18.7 Å². The van der Waals surface area contributed by atoms with Crippen LogP contribution in [-0.4, -0.2) is 29.6 Å². The van der Waals surface area contributed by atoms with Crippen LogP contribution in [0.5, 0.6) is 0 Å². The Balaban J connectivity index is 1.84. The molecule has 0 saturated carbocycles. The second-order valence-corrected chi connectivity index (χ2v) is 6.05. The van der Waals surface area contributed by atoms with Crippen molar-refractivity contribution in [3.63, 3.8) is 0 Å². The number of nitrogens with zero attached hydrogens (tertiary/aromatic N) is 1. The minimum absolute atomic E-state index is 0.283. The fraction of sp³-hybridized carbons (Fsp3) is 0.600. The van der Waals surface area contributed by atoms with Crippen LogP contribution in [0.15, 0.2) is 24.3 Å². The quantitative estimate of drug-likeness (QED) is 0.889. The maximum atomic E-state index is 13.0. The molecule has 0 amide bonds. The summed E-state index contributed by atoms with van der Waals surface area (Å²) in [4.78, 5) is 2.38. The molecule has 0 bridgehead atoms. The maximum absolute atomic E-state index is 13.0. The van der Waals surface area contributed by atoms with Gasteiger partial charge in [-0.3, -0.25) is 0 Å². The molecular weight excluding hydrogens is 229 g/mol. The van der Waals surface area contributed by atoms with Gasteiger partial charge < -0.3 is 10.0 Å². The van der Waals surface area contributed by atoms with Crippen LogP contribution in [0.25, 0.3) is 0 Å². The molecule has 0 spiro atoms. The lowest BCUT2D eigenvalue weighted by Gasteiger charge is -2.21. The largest absolute Gasteiger partial charge is 0.388 e. The molecule has 18 heavy (non-hydrogen) atoms. The molecule has 2 rings (SSSR count). The predicted octanol–water partition coefficient (Wildman–Crippen LogP) is 2.98. The van der Waals surface area contributed by atoms with Gasteiger partial charge in [0.25, 0.3) is 0 Å². The molecule has 1 saturated heterocycles. The molecule has 100 valence electrons. The summed E-state index contributed by atoms with van der Waals surface area (Å²) in [5.41, 5.74) is 1.07. The Morgan fingerprint density at radius 1 is 1.44 bits per heavy atom. The lowest BCUT2D eigenvalue weighted by atomic mass is 9.93. The van der Waals surface area contributed by atoms with Crippen LogP contribution >= 0.6 is 0 Å². The van der Waals surface area contributed by atoms with Gasteiger partial charge in [-0.15, -0.1) is 0 Å². The van der Waals surface area contributed by atoms with E-state index in [-0.39, 0.29) is 5.82 Å². The molecule has 1 heterocycles. The third-order valence-corrected chi connectivity index (χ3v) is 3.71. The van der Waals surface area contributed by atoms with Crippen molar-refractivity contribution in [2.75, 3.05) is 19.6 Å². The summed E-state index contributed by atoms with van der Waals surface area (Å²) in [6.07, 6.45) is 1.31. The summed E-state index contributed by atoms with van der Waals surface area (Å²) in [6, 6.07) is 6.24. The van der Waals surface area contributed by atoms with E-state index in [4.69, 9.17) is 0 Å². The molecule has 1 aliphatic heterocycles. The molecule has 0 aromatic heterocycles. The molecule has 1 N–H and O–H groups in total. The van der Waals surface area contributed by atoms with Crippen LogP contribution in [0.3, 0.4) is 0 Å². The Kier molecular flexibility index (Phi) is 4.03. The van der Waals surface area contributed by atoms with Gasteiger partial charge in [0, 0.05) is 13.1 Å². The third kappa shape index (κ3) is 3.53. The fourth-order valence-electron chi connectivity index (χ4n) is 2.60. The molecule has 1 fully saturated rings. The van der Waals surface area contributed by atoms with Gasteiger partial charge in [-0.2, -0.15) is 0 Å². The zero-order chi connectivity index (χ0) is 13.2. The van der Waals surface area contributed by atoms with Crippen LogP contribution < -0.4 is 0 Å². The number of aliphatic hydroxyl groups excluding tert-OH is 1. The minimum Gasteiger partial charge on any atom is -0.388 e. The average molecular weight is 251 g/mol. The Labute approximate surface area is 108 Å². The summed E-state index contributed by atoms with van der Waals surface area (Å²) in [6.45, 7) is 7.61. The number of likely N-dealkylation sites (tertiary alicyclic amines) is 1. The predicted molar refractivity (Wildman–Crippen MR) is 70.8 cm³/mol. The topological polar surface area (TPSA) is 23.5 Å². The van der Waals surface area contributed by atoms with Crippen molar-refractivity contribution in [3.05, 3.63) is 35.6 Å². The summed E-state index contributed by atoms with van der Waals surface area (Å²) >= 11 is 0. The van der Waals surface area contributed by atoms with Gasteiger partial charge in [0.15, 0.2) is 0 Å². The second-order valence-electron chi connectivity index (χ2n) is 6.05. The molecule has 0 aliphatic carbocycles. The van der Waals surface area contributed by atoms with Gasteiger partial charge in [-0.05, 0) is 42.5 Å². The first kappa shape index (κ1) is 13.5. The Bertz CT molecular complexity index is 405. The van der Waals surface area contributed by atoms with E-state index in [1.807, 2.05) is 0 Å². The van der Waals surface area contributed by atoms with Crippen LogP contribution in [0.1, 0.15) is 38.4 Å². The first-order valence-corrected chi connectivity index (χ1v) is 6.62. The van der Waals surface area contributed by atoms with Crippen molar-refractivity contribution < 1.29 is 9.50 Å². The average Bonchev–Trinajstić information content (AvgIpc) is 2.66. The van der Waals surface area contributed by atoms with Crippen molar-refractivity contribution in [1.29, 1.82) is 0 Å². The highest BCUT2D eigenvalue weighted by Gasteiger charge is 2.28. The number of hydrogen-bond donors (Lipinski definition) is 1. The monoisotopic (exact) mass is 251 g/mol. The van der Waals surface area contributed by atoms with Gasteiger partial charge >= 0.3 is 0 Å². The lowest BCUT2D eigenvalue weighted by Crippen LogP contribution is -2.25. The molecule has 1 unspecified atom stereocenters. The van der Waals surface area contributed by atoms with Gasteiger partial charge in [-0.25, -0.2) is 4.39 Å². The standard InChI is InChI=1S/C15H22FNO/c1-15(2)7-9-17(11-15)8-6-14(18)12-4-3-5-13(16)10-12/h3-5,10,14,18H,6-9,11H2,1-2H3. The normalized spacial score (nSPS) is 21.1. The van der Waals surface area contributed by atoms with E-state index < -0.39 is 6.10 Å². The molecular formula is C15H22FNO. The van der Waals surface area contributed by atoms with Crippen molar-refractivity contribution in [1.82, 2.24) is 4.90 Å². The smallest absolute Gasteiger partial charge is 0.123 e. The number of halogens is 1. The molecule has 1 aliphatic rings. The summed E-state index contributed by atoms with van der Waals surface area (Å²) in [5.74, 6) is -0.283. The Hall–Kier alpha value is -0.930. The van der Waals surface area contributed by atoms with Crippen LogP contribution in [0, 0.1) is 11.2 Å². The van der Waals surface area contributed by atoms with Crippen LogP contribution in [0.2, 0.25) is 0 Å². The molecule has 0 radical (unpaired) electrons. The minimum atomic E-state index is -0.565. The summed E-state index contributed by atoms with van der Waals surface area (Å²) < 4.78 is 13.0. The molecule has 1 atom stereocenters. The van der Waals surface area contributed by atoms with Crippen molar-refractivity contribution in [3.8, 4) is 0 Å². The Morgan fingerprint density at radius 3 is 2.83 bits per heavy atom.